The van der Waals surface area contributed by atoms with E-state index in [1.807, 2.05) is 0 Å². The number of alkyl halides is 2. The molecule has 0 aromatic carbocycles. The molecule has 102 valence electrons. The van der Waals surface area contributed by atoms with Gasteiger partial charge in [0.25, 0.3) is 6.43 Å². The summed E-state index contributed by atoms with van der Waals surface area (Å²) in [6, 6.07) is 0.605. The summed E-state index contributed by atoms with van der Waals surface area (Å²) >= 11 is 5.65. The predicted octanol–water partition coefficient (Wildman–Crippen LogP) is 2.40. The SMILES string of the molecule is CC(C)N(CC(F)F)S(=O)(=O)c1cncc(Cl)c1. The predicted molar refractivity (Wildman–Crippen MR) is 64.3 cm³/mol. The lowest BCUT2D eigenvalue weighted by Gasteiger charge is -2.25. The number of hydrogen-bond donors (Lipinski definition) is 0. The zero-order chi connectivity index (χ0) is 13.9. The van der Waals surface area contributed by atoms with Gasteiger partial charge in [-0.1, -0.05) is 11.6 Å². The Morgan fingerprint density at radius 1 is 1.39 bits per heavy atom. The van der Waals surface area contributed by atoms with E-state index in [1.54, 1.807) is 0 Å². The molecule has 0 fully saturated rings. The van der Waals surface area contributed by atoms with E-state index in [4.69, 9.17) is 11.6 Å². The molecule has 1 aromatic heterocycles. The van der Waals surface area contributed by atoms with Gasteiger partial charge in [0.05, 0.1) is 11.6 Å². The molecule has 0 atom stereocenters. The van der Waals surface area contributed by atoms with Crippen molar-refractivity contribution in [3.8, 4) is 0 Å². The largest absolute Gasteiger partial charge is 0.262 e. The van der Waals surface area contributed by atoms with Crippen LogP contribution in [0.25, 0.3) is 0 Å². The lowest BCUT2D eigenvalue weighted by molar-refractivity contribution is 0.111. The Labute approximate surface area is 110 Å². The highest BCUT2D eigenvalue weighted by molar-refractivity contribution is 7.89. The normalized spacial score (nSPS) is 12.7. The minimum atomic E-state index is -4.01. The van der Waals surface area contributed by atoms with Crippen LogP contribution in [-0.4, -0.2) is 36.7 Å². The average molecular weight is 299 g/mol. The molecule has 0 saturated carbocycles. The maximum absolute atomic E-state index is 12.4. The number of hydrogen-bond acceptors (Lipinski definition) is 3. The van der Waals surface area contributed by atoms with Crippen molar-refractivity contribution in [1.82, 2.24) is 9.29 Å². The fourth-order valence-corrected chi connectivity index (χ4v) is 3.23. The number of aromatic nitrogens is 1. The average Bonchev–Trinajstić information content (AvgIpc) is 2.25. The van der Waals surface area contributed by atoms with Crippen LogP contribution in [0.4, 0.5) is 8.78 Å². The molecule has 0 unspecified atom stereocenters. The molecule has 1 rings (SSSR count). The Hall–Kier alpha value is -0.790. The van der Waals surface area contributed by atoms with E-state index in [9.17, 15) is 17.2 Å². The summed E-state index contributed by atoms with van der Waals surface area (Å²) < 4.78 is 49.9. The van der Waals surface area contributed by atoms with E-state index < -0.39 is 29.0 Å². The van der Waals surface area contributed by atoms with Crippen molar-refractivity contribution in [3.05, 3.63) is 23.5 Å². The maximum atomic E-state index is 12.4. The third-order valence-electron chi connectivity index (χ3n) is 2.18. The molecule has 0 amide bonds. The summed E-state index contributed by atoms with van der Waals surface area (Å²) in [5.41, 5.74) is 0. The molecular weight excluding hydrogens is 286 g/mol. The molecule has 0 radical (unpaired) electrons. The topological polar surface area (TPSA) is 50.3 Å². The quantitative estimate of drug-likeness (QED) is 0.839. The Balaban J connectivity index is 3.17. The van der Waals surface area contributed by atoms with Crippen molar-refractivity contribution < 1.29 is 17.2 Å². The van der Waals surface area contributed by atoms with Crippen molar-refractivity contribution >= 4 is 21.6 Å². The smallest absolute Gasteiger partial charge is 0.252 e. The van der Waals surface area contributed by atoms with Gasteiger partial charge in [-0.25, -0.2) is 17.2 Å². The van der Waals surface area contributed by atoms with Crippen LogP contribution >= 0.6 is 11.6 Å². The summed E-state index contributed by atoms with van der Waals surface area (Å²) in [7, 11) is -4.01. The lowest BCUT2D eigenvalue weighted by Crippen LogP contribution is -2.40. The van der Waals surface area contributed by atoms with E-state index in [0.717, 1.165) is 10.5 Å². The highest BCUT2D eigenvalue weighted by Gasteiger charge is 2.29. The summed E-state index contributed by atoms with van der Waals surface area (Å²) in [4.78, 5) is 3.46. The van der Waals surface area contributed by atoms with Crippen molar-refractivity contribution in [2.45, 2.75) is 31.2 Å². The standard InChI is InChI=1S/C10H13ClF2N2O2S/c1-7(2)15(6-10(12)13)18(16,17)9-3-8(11)4-14-5-9/h3-5,7,10H,6H2,1-2H3. The molecule has 0 spiro atoms. The summed E-state index contributed by atoms with van der Waals surface area (Å²) in [6.07, 6.45) is -0.385. The monoisotopic (exact) mass is 298 g/mol. The van der Waals surface area contributed by atoms with Crippen LogP contribution in [0.5, 0.6) is 0 Å². The first-order valence-electron chi connectivity index (χ1n) is 5.15. The number of nitrogens with zero attached hydrogens (tertiary/aromatic N) is 2. The third-order valence-corrected chi connectivity index (χ3v) is 4.39. The number of halogens is 3. The molecule has 8 heteroatoms. The Kier molecular flexibility index (Phi) is 5.01. The van der Waals surface area contributed by atoms with Crippen LogP contribution < -0.4 is 0 Å². The van der Waals surface area contributed by atoms with Gasteiger partial charge in [0.1, 0.15) is 4.90 Å². The van der Waals surface area contributed by atoms with Gasteiger partial charge in [-0.3, -0.25) is 4.98 Å². The second-order valence-corrected chi connectivity index (χ2v) is 6.23. The number of rotatable bonds is 5. The maximum Gasteiger partial charge on any atom is 0.252 e. The summed E-state index contributed by atoms with van der Waals surface area (Å²) in [5.74, 6) is 0. The van der Waals surface area contributed by atoms with Crippen LogP contribution in [0.15, 0.2) is 23.4 Å². The van der Waals surface area contributed by atoms with Crippen molar-refractivity contribution in [2.75, 3.05) is 6.54 Å². The third kappa shape index (κ3) is 3.60. The van der Waals surface area contributed by atoms with Gasteiger partial charge in [-0.15, -0.1) is 0 Å². The molecule has 0 aliphatic heterocycles. The van der Waals surface area contributed by atoms with Crippen molar-refractivity contribution in [2.24, 2.45) is 0 Å². The van der Waals surface area contributed by atoms with Crippen LogP contribution in [0.2, 0.25) is 5.02 Å². The van der Waals surface area contributed by atoms with Crippen LogP contribution in [0.1, 0.15) is 13.8 Å². The molecular formula is C10H13ClF2N2O2S. The van der Waals surface area contributed by atoms with Gasteiger partial charge in [0.2, 0.25) is 10.0 Å². The van der Waals surface area contributed by atoms with Gasteiger partial charge >= 0.3 is 0 Å². The Morgan fingerprint density at radius 3 is 2.44 bits per heavy atom. The first-order chi connectivity index (χ1) is 8.25. The van der Waals surface area contributed by atoms with Crippen LogP contribution in [0.3, 0.4) is 0 Å². The van der Waals surface area contributed by atoms with E-state index in [2.05, 4.69) is 4.98 Å². The minimum absolute atomic E-state index is 0.136. The summed E-state index contributed by atoms with van der Waals surface area (Å²) in [5, 5.41) is 0.136. The first kappa shape index (κ1) is 15.3. The fraction of sp³-hybridized carbons (Fsp3) is 0.500. The zero-order valence-corrected chi connectivity index (χ0v) is 11.4. The van der Waals surface area contributed by atoms with E-state index in [-0.39, 0.29) is 9.92 Å². The van der Waals surface area contributed by atoms with Gasteiger partial charge in [-0.05, 0) is 19.9 Å². The van der Waals surface area contributed by atoms with Gasteiger partial charge in [0.15, 0.2) is 0 Å². The molecule has 0 N–H and O–H groups in total. The van der Waals surface area contributed by atoms with Gasteiger partial charge in [-0.2, -0.15) is 4.31 Å². The highest BCUT2D eigenvalue weighted by Crippen LogP contribution is 2.21. The minimum Gasteiger partial charge on any atom is -0.262 e. The zero-order valence-electron chi connectivity index (χ0n) is 9.85. The molecule has 18 heavy (non-hydrogen) atoms. The van der Waals surface area contributed by atoms with Gasteiger partial charge in [0, 0.05) is 18.4 Å². The highest BCUT2D eigenvalue weighted by atomic mass is 35.5. The van der Waals surface area contributed by atoms with E-state index in [0.29, 0.717) is 0 Å². The van der Waals surface area contributed by atoms with E-state index in [1.165, 1.54) is 26.1 Å². The van der Waals surface area contributed by atoms with Crippen LogP contribution in [-0.2, 0) is 10.0 Å². The first-order valence-corrected chi connectivity index (χ1v) is 6.97. The molecule has 0 bridgehead atoms. The Morgan fingerprint density at radius 2 is 2.00 bits per heavy atom. The van der Waals surface area contributed by atoms with Gasteiger partial charge < -0.3 is 0 Å². The molecule has 0 aliphatic carbocycles. The molecule has 4 nitrogen and oxygen atoms in total. The second-order valence-electron chi connectivity index (χ2n) is 3.90. The fourth-order valence-electron chi connectivity index (χ4n) is 1.39. The number of sulfonamides is 1. The van der Waals surface area contributed by atoms with Crippen LogP contribution in [0, 0.1) is 0 Å². The molecule has 0 saturated heterocycles. The molecule has 1 aromatic rings. The Bertz CT molecular complexity index is 508. The molecule has 0 aliphatic rings. The molecule has 1 heterocycles. The van der Waals surface area contributed by atoms with Crippen molar-refractivity contribution in [1.29, 1.82) is 0 Å². The summed E-state index contributed by atoms with van der Waals surface area (Å²) in [6.45, 7) is 2.20. The lowest BCUT2D eigenvalue weighted by atomic mass is 10.4. The number of pyridine rings is 1. The second kappa shape index (κ2) is 5.90. The van der Waals surface area contributed by atoms with Crippen molar-refractivity contribution in [3.63, 3.8) is 0 Å². The van der Waals surface area contributed by atoms with E-state index >= 15 is 0 Å².